The number of fused-ring (bicyclic) bond motifs is 1. The summed E-state index contributed by atoms with van der Waals surface area (Å²) < 4.78 is 19.4. The predicted octanol–water partition coefficient (Wildman–Crippen LogP) is 1.62. The van der Waals surface area contributed by atoms with Crippen LogP contribution in [-0.2, 0) is 39.1 Å². The number of nitrogens with zero attached hydrogens (tertiary/aromatic N) is 4. The van der Waals surface area contributed by atoms with Gasteiger partial charge < -0.3 is 18.8 Å². The van der Waals surface area contributed by atoms with Crippen LogP contribution in [0.25, 0.3) is 17.2 Å². The van der Waals surface area contributed by atoms with Crippen LogP contribution in [0.2, 0.25) is 0 Å². The number of methoxy groups -OCH3 is 2. The molecule has 2 aromatic heterocycles. The van der Waals surface area contributed by atoms with E-state index in [9.17, 15) is 14.4 Å². The van der Waals surface area contributed by atoms with Crippen molar-refractivity contribution >= 4 is 23.2 Å². The number of hydrogen-bond acceptors (Lipinski definition) is 7. The summed E-state index contributed by atoms with van der Waals surface area (Å²) in [6.45, 7) is 6.18. The number of ether oxygens (including phenoxy) is 3. The Morgan fingerprint density at radius 3 is 2.31 bits per heavy atom. The SMILES string of the molecule is CCn1c(=O)c2c(nc(C=CC(C)=CC=C(COCC(=O)OC)OC)n2C)n(CC)c1=O. The van der Waals surface area contributed by atoms with Crippen LogP contribution >= 0.6 is 0 Å². The maximum atomic E-state index is 12.8. The Morgan fingerprint density at radius 2 is 1.72 bits per heavy atom. The first-order chi connectivity index (χ1) is 15.3. The van der Waals surface area contributed by atoms with Gasteiger partial charge in [0.2, 0.25) is 0 Å². The van der Waals surface area contributed by atoms with Crippen LogP contribution < -0.4 is 11.2 Å². The summed E-state index contributed by atoms with van der Waals surface area (Å²) in [6, 6.07) is 0. The second-order valence-corrected chi connectivity index (χ2v) is 6.93. The second kappa shape index (κ2) is 11.3. The average molecular weight is 447 g/mol. The molecular weight excluding hydrogens is 416 g/mol. The molecule has 0 amide bonds. The number of rotatable bonds is 10. The van der Waals surface area contributed by atoms with Crippen LogP contribution in [0.5, 0.6) is 0 Å². The lowest BCUT2D eigenvalue weighted by molar-refractivity contribution is -0.145. The van der Waals surface area contributed by atoms with E-state index in [1.807, 2.05) is 26.0 Å². The average Bonchev–Trinajstić information content (AvgIpc) is 3.11. The molecule has 0 saturated carbocycles. The minimum Gasteiger partial charge on any atom is -0.499 e. The Bertz CT molecular complexity index is 1180. The zero-order valence-electron chi connectivity index (χ0n) is 19.4. The normalized spacial score (nSPS) is 12.7. The van der Waals surface area contributed by atoms with Crippen LogP contribution in [0.1, 0.15) is 26.6 Å². The van der Waals surface area contributed by atoms with Crippen LogP contribution in [0.15, 0.2) is 39.1 Å². The van der Waals surface area contributed by atoms with Crippen molar-refractivity contribution in [2.75, 3.05) is 27.4 Å². The number of esters is 1. The molecular formula is C22H30N4O6. The first-order valence-electron chi connectivity index (χ1n) is 10.2. The number of allylic oxidation sites excluding steroid dienone is 4. The second-order valence-electron chi connectivity index (χ2n) is 6.93. The van der Waals surface area contributed by atoms with E-state index in [0.717, 1.165) is 5.57 Å². The van der Waals surface area contributed by atoms with Crippen molar-refractivity contribution in [1.82, 2.24) is 18.7 Å². The Morgan fingerprint density at radius 1 is 1.03 bits per heavy atom. The van der Waals surface area contributed by atoms with Gasteiger partial charge in [-0.3, -0.25) is 13.9 Å². The van der Waals surface area contributed by atoms with Crippen LogP contribution in [0.3, 0.4) is 0 Å². The smallest absolute Gasteiger partial charge is 0.332 e. The quantitative estimate of drug-likeness (QED) is 0.310. The third kappa shape index (κ3) is 5.44. The fourth-order valence-electron chi connectivity index (χ4n) is 3.05. The fraction of sp³-hybridized carbons (Fsp3) is 0.455. The summed E-state index contributed by atoms with van der Waals surface area (Å²) in [6.07, 6.45) is 7.18. The highest BCUT2D eigenvalue weighted by Crippen LogP contribution is 2.12. The maximum absolute atomic E-state index is 12.8. The van der Waals surface area contributed by atoms with Gasteiger partial charge in [-0.05, 0) is 32.9 Å². The standard InChI is InChI=1S/C22H30N4O6/c1-7-25-20-19(21(28)26(8-2)22(25)29)24(4)17(23-20)12-10-15(3)9-11-16(30-5)13-32-14-18(27)31-6/h9-12H,7-8,13-14H2,1-6H3. The zero-order chi connectivity index (χ0) is 23.8. The largest absolute Gasteiger partial charge is 0.499 e. The molecule has 0 saturated heterocycles. The molecule has 0 aliphatic carbocycles. The van der Waals surface area contributed by atoms with Gasteiger partial charge in [0.25, 0.3) is 5.56 Å². The van der Waals surface area contributed by atoms with Crippen molar-refractivity contribution in [2.45, 2.75) is 33.9 Å². The number of carbonyl (C=O) groups excluding carboxylic acids is 1. The van der Waals surface area contributed by atoms with Gasteiger partial charge in [-0.1, -0.05) is 17.7 Å². The molecule has 0 fully saturated rings. The third-order valence-electron chi connectivity index (χ3n) is 4.89. The van der Waals surface area contributed by atoms with E-state index in [0.29, 0.717) is 35.8 Å². The molecule has 0 aromatic carbocycles. The highest BCUT2D eigenvalue weighted by Gasteiger charge is 2.17. The summed E-state index contributed by atoms with van der Waals surface area (Å²) >= 11 is 0. The minimum atomic E-state index is -0.461. The molecule has 174 valence electrons. The molecule has 0 aliphatic rings. The fourth-order valence-corrected chi connectivity index (χ4v) is 3.05. The van der Waals surface area contributed by atoms with Gasteiger partial charge in [-0.25, -0.2) is 14.6 Å². The molecule has 0 spiro atoms. The van der Waals surface area contributed by atoms with Crippen molar-refractivity contribution in [3.05, 3.63) is 56.2 Å². The molecule has 2 rings (SSSR count). The number of aryl methyl sites for hydroxylation is 2. The third-order valence-corrected chi connectivity index (χ3v) is 4.89. The lowest BCUT2D eigenvalue weighted by Gasteiger charge is -2.08. The lowest BCUT2D eigenvalue weighted by atomic mass is 10.2. The molecule has 10 heteroatoms. The van der Waals surface area contributed by atoms with Crippen LogP contribution in [-0.4, -0.2) is 52.1 Å². The van der Waals surface area contributed by atoms with Crippen LogP contribution in [0, 0.1) is 0 Å². The monoisotopic (exact) mass is 446 g/mol. The summed E-state index contributed by atoms with van der Waals surface area (Å²) in [4.78, 5) is 40.9. The maximum Gasteiger partial charge on any atom is 0.332 e. The first kappa shape index (κ1) is 24.9. The highest BCUT2D eigenvalue weighted by atomic mass is 16.6. The van der Waals surface area contributed by atoms with E-state index in [-0.39, 0.29) is 24.5 Å². The first-order valence-corrected chi connectivity index (χ1v) is 10.2. The van der Waals surface area contributed by atoms with Gasteiger partial charge in [0.05, 0.1) is 14.2 Å². The molecule has 0 atom stereocenters. The Kier molecular flexibility index (Phi) is 8.77. The Balaban J connectivity index is 2.30. The van der Waals surface area contributed by atoms with Crippen molar-refractivity contribution < 1.29 is 19.0 Å². The zero-order valence-corrected chi connectivity index (χ0v) is 19.4. The van der Waals surface area contributed by atoms with Gasteiger partial charge in [0.1, 0.15) is 24.8 Å². The van der Waals surface area contributed by atoms with Gasteiger partial charge in [-0.15, -0.1) is 0 Å². The molecule has 10 nitrogen and oxygen atoms in total. The van der Waals surface area contributed by atoms with Gasteiger partial charge in [0.15, 0.2) is 11.2 Å². The van der Waals surface area contributed by atoms with Gasteiger partial charge >= 0.3 is 11.7 Å². The predicted molar refractivity (Wildman–Crippen MR) is 121 cm³/mol. The van der Waals surface area contributed by atoms with E-state index < -0.39 is 5.97 Å². The van der Waals surface area contributed by atoms with Crippen molar-refractivity contribution in [3.8, 4) is 0 Å². The number of hydrogen-bond donors (Lipinski definition) is 0. The van der Waals surface area contributed by atoms with E-state index >= 15 is 0 Å². The topological polar surface area (TPSA) is 107 Å². The number of aromatic nitrogens is 4. The molecule has 0 aliphatic heterocycles. The number of carbonyl (C=O) groups is 1. The summed E-state index contributed by atoms with van der Waals surface area (Å²) in [5.74, 6) is 0.630. The summed E-state index contributed by atoms with van der Waals surface area (Å²) in [5, 5.41) is 0. The molecule has 2 aromatic rings. The van der Waals surface area contributed by atoms with E-state index in [1.54, 1.807) is 30.7 Å². The number of imidazole rings is 1. The van der Waals surface area contributed by atoms with Gasteiger partial charge in [-0.2, -0.15) is 0 Å². The van der Waals surface area contributed by atoms with E-state index in [1.165, 1.54) is 23.4 Å². The molecule has 2 heterocycles. The lowest BCUT2D eigenvalue weighted by Crippen LogP contribution is -2.39. The minimum absolute atomic E-state index is 0.127. The molecule has 0 unspecified atom stereocenters. The summed E-state index contributed by atoms with van der Waals surface area (Å²) in [7, 11) is 4.56. The molecule has 32 heavy (non-hydrogen) atoms. The van der Waals surface area contributed by atoms with Crippen LogP contribution in [0.4, 0.5) is 0 Å². The molecule has 0 radical (unpaired) electrons. The molecule has 0 N–H and O–H groups in total. The van der Waals surface area contributed by atoms with E-state index in [4.69, 9.17) is 9.47 Å². The van der Waals surface area contributed by atoms with Gasteiger partial charge in [0, 0.05) is 20.1 Å². The molecule has 0 bridgehead atoms. The van der Waals surface area contributed by atoms with Crippen molar-refractivity contribution in [1.29, 1.82) is 0 Å². The Hall–Kier alpha value is -3.40. The Labute approximate surface area is 186 Å². The highest BCUT2D eigenvalue weighted by molar-refractivity contribution is 5.73. The summed E-state index contributed by atoms with van der Waals surface area (Å²) in [5.41, 5.74) is 0.945. The van der Waals surface area contributed by atoms with Crippen molar-refractivity contribution in [3.63, 3.8) is 0 Å². The van der Waals surface area contributed by atoms with Crippen molar-refractivity contribution in [2.24, 2.45) is 7.05 Å². The van der Waals surface area contributed by atoms with E-state index in [2.05, 4.69) is 9.72 Å².